The van der Waals surface area contributed by atoms with Gasteiger partial charge in [-0.15, -0.1) is 0 Å². The highest BCUT2D eigenvalue weighted by atomic mass is 16.4. The molecule has 0 saturated heterocycles. The molecule has 32 heavy (non-hydrogen) atoms. The Labute approximate surface area is 186 Å². The molecule has 7 heteroatoms. The van der Waals surface area contributed by atoms with Crippen molar-refractivity contribution in [2.24, 2.45) is 5.10 Å². The number of aromatic nitrogens is 1. The molecule has 3 aromatic rings. The van der Waals surface area contributed by atoms with Gasteiger partial charge >= 0.3 is 0 Å². The van der Waals surface area contributed by atoms with Gasteiger partial charge < -0.3 is 9.73 Å². The van der Waals surface area contributed by atoms with Gasteiger partial charge in [-0.05, 0) is 55.5 Å². The third kappa shape index (κ3) is 4.46. The van der Waals surface area contributed by atoms with E-state index in [0.29, 0.717) is 29.4 Å². The Bertz CT molecular complexity index is 1160. The van der Waals surface area contributed by atoms with E-state index in [1.165, 1.54) is 5.56 Å². The van der Waals surface area contributed by atoms with Crippen LogP contribution in [0.2, 0.25) is 0 Å². The molecule has 1 aromatic carbocycles. The second-order valence-corrected chi connectivity index (χ2v) is 8.15. The van der Waals surface area contributed by atoms with Crippen LogP contribution in [-0.2, 0) is 6.42 Å². The number of benzene rings is 1. The molecular weight excluding hydrogens is 404 g/mol. The van der Waals surface area contributed by atoms with E-state index < -0.39 is 0 Å². The summed E-state index contributed by atoms with van der Waals surface area (Å²) in [6.45, 7) is 6.10. The van der Waals surface area contributed by atoms with Crippen molar-refractivity contribution in [3.8, 4) is 0 Å². The van der Waals surface area contributed by atoms with Crippen LogP contribution in [0, 0.1) is 6.92 Å². The van der Waals surface area contributed by atoms with E-state index >= 15 is 0 Å². The molecule has 1 aliphatic carbocycles. The molecule has 0 aliphatic heterocycles. The zero-order valence-electron chi connectivity index (χ0n) is 18.4. The van der Waals surface area contributed by atoms with Crippen LogP contribution in [0.5, 0.6) is 0 Å². The number of nitrogens with one attached hydrogen (secondary N) is 2. The minimum absolute atomic E-state index is 0.272. The number of nitrogens with zero attached hydrogens (tertiary/aromatic N) is 2. The molecule has 7 nitrogen and oxygen atoms in total. The zero-order valence-corrected chi connectivity index (χ0v) is 18.4. The van der Waals surface area contributed by atoms with Crippen LogP contribution in [0.1, 0.15) is 76.1 Å². The molecule has 1 aliphatic rings. The minimum Gasteiger partial charge on any atom is -0.455 e. The summed E-state index contributed by atoms with van der Waals surface area (Å²) in [4.78, 5) is 29.2. The SMILES string of the molecule is Cc1c(C(=O)Nc2ccc(C(C)C)cc2)oc2c1/C(=N/NC(=O)c1ccccn1)CCC2. The first-order chi connectivity index (χ1) is 15.4. The largest absolute Gasteiger partial charge is 0.455 e. The van der Waals surface area contributed by atoms with Crippen molar-refractivity contribution in [1.82, 2.24) is 10.4 Å². The number of fused-ring (bicyclic) bond motifs is 1. The molecule has 2 aromatic heterocycles. The van der Waals surface area contributed by atoms with Crippen LogP contribution in [-0.4, -0.2) is 22.5 Å². The molecule has 2 amide bonds. The lowest BCUT2D eigenvalue weighted by Gasteiger charge is -2.13. The summed E-state index contributed by atoms with van der Waals surface area (Å²) in [5, 5.41) is 7.24. The number of anilines is 1. The Morgan fingerprint density at radius 3 is 2.53 bits per heavy atom. The highest BCUT2D eigenvalue weighted by molar-refractivity contribution is 6.09. The normalized spacial score (nSPS) is 14.3. The van der Waals surface area contributed by atoms with Gasteiger partial charge in [-0.25, -0.2) is 5.43 Å². The fraction of sp³-hybridized carbons (Fsp3) is 0.280. The molecule has 2 N–H and O–H groups in total. The molecule has 164 valence electrons. The van der Waals surface area contributed by atoms with Crippen molar-refractivity contribution in [2.75, 3.05) is 5.32 Å². The number of hydrazone groups is 1. The van der Waals surface area contributed by atoms with E-state index in [1.807, 2.05) is 31.2 Å². The number of furan rings is 1. The second-order valence-electron chi connectivity index (χ2n) is 8.15. The molecule has 0 bridgehead atoms. The summed E-state index contributed by atoms with van der Waals surface area (Å²) < 4.78 is 5.94. The van der Waals surface area contributed by atoms with Crippen LogP contribution in [0.4, 0.5) is 5.69 Å². The lowest BCUT2D eigenvalue weighted by atomic mass is 9.93. The summed E-state index contributed by atoms with van der Waals surface area (Å²) in [5.41, 5.74) is 7.02. The number of pyridine rings is 1. The van der Waals surface area contributed by atoms with Crippen LogP contribution in [0.15, 0.2) is 58.2 Å². The standard InChI is InChI=1S/C25H26N4O3/c1-15(2)17-10-12-18(13-11-17)27-25(31)23-16(3)22-19(8-6-9-21(22)32-23)28-29-24(30)20-7-4-5-14-26-20/h4-5,7,10-15H,6,8-9H2,1-3H3,(H,27,31)(H,29,30)/b28-19+. The number of hydrogen-bond acceptors (Lipinski definition) is 5. The Morgan fingerprint density at radius 2 is 1.84 bits per heavy atom. The van der Waals surface area contributed by atoms with Gasteiger partial charge in [0.1, 0.15) is 11.5 Å². The molecular formula is C25H26N4O3. The van der Waals surface area contributed by atoms with Gasteiger partial charge in [-0.2, -0.15) is 5.10 Å². The average molecular weight is 431 g/mol. The van der Waals surface area contributed by atoms with E-state index in [9.17, 15) is 9.59 Å². The fourth-order valence-corrected chi connectivity index (χ4v) is 3.81. The van der Waals surface area contributed by atoms with Gasteiger partial charge in [0.05, 0.1) is 5.71 Å². The van der Waals surface area contributed by atoms with Gasteiger partial charge in [0.15, 0.2) is 5.76 Å². The van der Waals surface area contributed by atoms with Crippen LogP contribution in [0.3, 0.4) is 0 Å². The van der Waals surface area contributed by atoms with Crippen molar-refractivity contribution < 1.29 is 14.0 Å². The Kier molecular flexibility index (Phi) is 6.16. The molecule has 0 spiro atoms. The van der Waals surface area contributed by atoms with E-state index in [4.69, 9.17) is 4.42 Å². The predicted octanol–water partition coefficient (Wildman–Crippen LogP) is 4.83. The maximum absolute atomic E-state index is 12.9. The monoisotopic (exact) mass is 430 g/mol. The zero-order chi connectivity index (χ0) is 22.7. The van der Waals surface area contributed by atoms with E-state index in [1.54, 1.807) is 24.4 Å². The lowest BCUT2D eigenvalue weighted by molar-refractivity contribution is 0.0948. The molecule has 0 atom stereocenters. The molecule has 0 saturated carbocycles. The number of rotatable bonds is 5. The molecule has 0 fully saturated rings. The smallest absolute Gasteiger partial charge is 0.291 e. The van der Waals surface area contributed by atoms with Crippen LogP contribution in [0.25, 0.3) is 0 Å². The van der Waals surface area contributed by atoms with Crippen molar-refractivity contribution in [2.45, 2.75) is 46.0 Å². The quantitative estimate of drug-likeness (QED) is 0.567. The first-order valence-corrected chi connectivity index (χ1v) is 10.8. The van der Waals surface area contributed by atoms with Gasteiger partial charge in [-0.1, -0.05) is 32.0 Å². The first-order valence-electron chi connectivity index (χ1n) is 10.8. The van der Waals surface area contributed by atoms with Crippen LogP contribution >= 0.6 is 0 Å². The van der Waals surface area contributed by atoms with Gasteiger partial charge in [0, 0.05) is 29.4 Å². The predicted molar refractivity (Wildman–Crippen MR) is 123 cm³/mol. The van der Waals surface area contributed by atoms with Crippen molar-refractivity contribution in [3.05, 3.63) is 82.6 Å². The number of amides is 2. The maximum atomic E-state index is 12.9. The molecule has 4 rings (SSSR count). The fourth-order valence-electron chi connectivity index (χ4n) is 3.81. The Hall–Kier alpha value is -3.74. The third-order valence-electron chi connectivity index (χ3n) is 5.56. The minimum atomic E-state index is -0.380. The Balaban J connectivity index is 1.54. The summed E-state index contributed by atoms with van der Waals surface area (Å²) in [6, 6.07) is 12.9. The Morgan fingerprint density at radius 1 is 1.06 bits per heavy atom. The highest BCUT2D eigenvalue weighted by Gasteiger charge is 2.28. The van der Waals surface area contributed by atoms with Gasteiger partial charge in [0.2, 0.25) is 0 Å². The van der Waals surface area contributed by atoms with Crippen molar-refractivity contribution >= 4 is 23.2 Å². The number of carbonyl (C=O) groups excluding carboxylic acids is 2. The van der Waals surface area contributed by atoms with Crippen molar-refractivity contribution in [3.63, 3.8) is 0 Å². The molecule has 0 unspecified atom stereocenters. The second kappa shape index (κ2) is 9.18. The lowest BCUT2D eigenvalue weighted by Crippen LogP contribution is -2.22. The molecule has 0 radical (unpaired) electrons. The summed E-state index contributed by atoms with van der Waals surface area (Å²) in [7, 11) is 0. The number of hydrogen-bond donors (Lipinski definition) is 2. The third-order valence-corrected chi connectivity index (χ3v) is 5.56. The van der Waals surface area contributed by atoms with Crippen LogP contribution < -0.4 is 10.7 Å². The summed E-state index contributed by atoms with van der Waals surface area (Å²) in [6.07, 6.45) is 3.80. The first kappa shape index (κ1) is 21.5. The van der Waals surface area contributed by atoms with Crippen molar-refractivity contribution in [1.29, 1.82) is 0 Å². The summed E-state index contributed by atoms with van der Waals surface area (Å²) >= 11 is 0. The van der Waals surface area contributed by atoms with E-state index in [-0.39, 0.29) is 17.6 Å². The summed E-state index contributed by atoms with van der Waals surface area (Å²) in [5.74, 6) is 0.739. The van der Waals surface area contributed by atoms with Gasteiger partial charge in [-0.3, -0.25) is 14.6 Å². The average Bonchev–Trinajstić information content (AvgIpc) is 3.15. The van der Waals surface area contributed by atoms with E-state index in [0.717, 1.165) is 29.7 Å². The number of aryl methyl sites for hydroxylation is 1. The van der Waals surface area contributed by atoms with E-state index in [2.05, 4.69) is 34.7 Å². The highest BCUT2D eigenvalue weighted by Crippen LogP contribution is 2.30. The van der Waals surface area contributed by atoms with Gasteiger partial charge in [0.25, 0.3) is 11.8 Å². The molecule has 2 heterocycles. The number of carbonyl (C=O) groups is 2. The maximum Gasteiger partial charge on any atom is 0.291 e. The topological polar surface area (TPSA) is 96.6 Å².